The van der Waals surface area contributed by atoms with E-state index in [2.05, 4.69) is 33.0 Å². The van der Waals surface area contributed by atoms with Gasteiger partial charge in [-0.05, 0) is 61.8 Å². The second-order valence-electron chi connectivity index (χ2n) is 8.35. The summed E-state index contributed by atoms with van der Waals surface area (Å²) in [5.41, 5.74) is 0.546. The van der Waals surface area contributed by atoms with Crippen molar-refractivity contribution >= 4 is 0 Å². The van der Waals surface area contributed by atoms with E-state index in [1.807, 2.05) is 0 Å². The highest BCUT2D eigenvalue weighted by molar-refractivity contribution is 4.94. The Morgan fingerprint density at radius 2 is 1.90 bits per heavy atom. The van der Waals surface area contributed by atoms with Crippen LogP contribution < -0.4 is 5.32 Å². The molecule has 1 heteroatoms. The van der Waals surface area contributed by atoms with E-state index in [-0.39, 0.29) is 0 Å². The van der Waals surface area contributed by atoms with Crippen LogP contribution in [-0.4, -0.2) is 12.6 Å². The van der Waals surface area contributed by atoms with E-state index in [1.54, 1.807) is 0 Å². The second-order valence-corrected chi connectivity index (χ2v) is 8.35. The molecule has 1 N–H and O–H groups in total. The molecule has 4 atom stereocenters. The summed E-state index contributed by atoms with van der Waals surface area (Å²) in [4.78, 5) is 0. The van der Waals surface area contributed by atoms with Gasteiger partial charge in [-0.2, -0.15) is 0 Å². The minimum Gasteiger partial charge on any atom is -0.313 e. The van der Waals surface area contributed by atoms with E-state index in [4.69, 9.17) is 0 Å². The van der Waals surface area contributed by atoms with Crippen molar-refractivity contribution in [2.24, 2.45) is 23.2 Å². The van der Waals surface area contributed by atoms with E-state index in [0.29, 0.717) is 5.41 Å². The molecule has 2 aliphatic rings. The van der Waals surface area contributed by atoms with Crippen LogP contribution in [0.5, 0.6) is 0 Å². The molecule has 0 radical (unpaired) electrons. The van der Waals surface area contributed by atoms with Crippen LogP contribution in [-0.2, 0) is 0 Å². The van der Waals surface area contributed by atoms with Gasteiger partial charge in [0.2, 0.25) is 0 Å². The zero-order chi connectivity index (χ0) is 14.6. The number of hydrogen-bond donors (Lipinski definition) is 1. The fourth-order valence-corrected chi connectivity index (χ4v) is 4.94. The zero-order valence-electron chi connectivity index (χ0n) is 14.4. The Kier molecular flexibility index (Phi) is 5.95. The lowest BCUT2D eigenvalue weighted by atomic mass is 9.61. The fraction of sp³-hybridized carbons (Fsp3) is 1.00. The molecule has 2 aliphatic carbocycles. The topological polar surface area (TPSA) is 12.0 Å². The quantitative estimate of drug-likeness (QED) is 0.710. The summed E-state index contributed by atoms with van der Waals surface area (Å²) in [6, 6.07) is 0.785. The van der Waals surface area contributed by atoms with Crippen LogP contribution in [0.3, 0.4) is 0 Å². The Morgan fingerprint density at radius 3 is 2.55 bits per heavy atom. The highest BCUT2D eigenvalue weighted by Crippen LogP contribution is 2.46. The molecule has 2 rings (SSSR count). The Bertz CT molecular complexity index is 283. The van der Waals surface area contributed by atoms with Gasteiger partial charge >= 0.3 is 0 Å². The number of nitrogens with one attached hydrogen (secondary N) is 1. The molecular formula is C19H37N. The monoisotopic (exact) mass is 279 g/mol. The van der Waals surface area contributed by atoms with Crippen LogP contribution in [0.2, 0.25) is 0 Å². The Labute approximate surface area is 127 Å². The first-order valence-corrected chi connectivity index (χ1v) is 9.28. The van der Waals surface area contributed by atoms with Crippen molar-refractivity contribution in [2.45, 2.75) is 91.5 Å². The maximum Gasteiger partial charge on any atom is 0.0129 e. The van der Waals surface area contributed by atoms with Crippen molar-refractivity contribution in [3.8, 4) is 0 Å². The summed E-state index contributed by atoms with van der Waals surface area (Å²) >= 11 is 0. The molecule has 0 aromatic heterocycles. The van der Waals surface area contributed by atoms with Gasteiger partial charge in [0.25, 0.3) is 0 Å². The normalized spacial score (nSPS) is 35.7. The van der Waals surface area contributed by atoms with Crippen LogP contribution in [0.15, 0.2) is 0 Å². The van der Waals surface area contributed by atoms with Gasteiger partial charge in [0.05, 0.1) is 0 Å². The molecule has 0 aromatic carbocycles. The molecule has 118 valence electrons. The summed E-state index contributed by atoms with van der Waals surface area (Å²) < 4.78 is 0. The van der Waals surface area contributed by atoms with Gasteiger partial charge < -0.3 is 5.32 Å². The van der Waals surface area contributed by atoms with Gasteiger partial charge in [0, 0.05) is 6.04 Å². The summed E-state index contributed by atoms with van der Waals surface area (Å²) in [6.45, 7) is 11.0. The third kappa shape index (κ3) is 4.00. The minimum atomic E-state index is 0.546. The molecule has 4 unspecified atom stereocenters. The molecule has 0 saturated heterocycles. The van der Waals surface area contributed by atoms with E-state index in [9.17, 15) is 0 Å². The number of rotatable bonds is 5. The van der Waals surface area contributed by atoms with Gasteiger partial charge in [0.15, 0.2) is 0 Å². The molecule has 0 heterocycles. The standard InChI is InChI=1S/C19H37N/c1-5-13-20-18(16-10-8-9-15(2)14-16)17-11-6-7-12-19(17,3)4/h15-18,20H,5-14H2,1-4H3. The lowest BCUT2D eigenvalue weighted by molar-refractivity contribution is 0.0565. The largest absolute Gasteiger partial charge is 0.313 e. The van der Waals surface area contributed by atoms with E-state index in [1.165, 1.54) is 64.3 Å². The molecule has 0 aromatic rings. The van der Waals surface area contributed by atoms with Gasteiger partial charge in [-0.25, -0.2) is 0 Å². The molecule has 0 bridgehead atoms. The smallest absolute Gasteiger partial charge is 0.0129 e. The van der Waals surface area contributed by atoms with Crippen LogP contribution >= 0.6 is 0 Å². The first-order chi connectivity index (χ1) is 9.54. The van der Waals surface area contributed by atoms with Crippen molar-refractivity contribution < 1.29 is 0 Å². The highest BCUT2D eigenvalue weighted by atomic mass is 14.9. The Hall–Kier alpha value is -0.0400. The average molecular weight is 280 g/mol. The molecule has 2 saturated carbocycles. The van der Waals surface area contributed by atoms with Gasteiger partial charge in [-0.3, -0.25) is 0 Å². The first kappa shape index (κ1) is 16.3. The second kappa shape index (κ2) is 7.29. The predicted molar refractivity (Wildman–Crippen MR) is 88.9 cm³/mol. The first-order valence-electron chi connectivity index (χ1n) is 9.28. The molecule has 0 spiro atoms. The lowest BCUT2D eigenvalue weighted by Crippen LogP contribution is -2.50. The summed E-state index contributed by atoms with van der Waals surface area (Å²) in [6.07, 6.45) is 12.9. The summed E-state index contributed by atoms with van der Waals surface area (Å²) in [5, 5.41) is 3.99. The maximum absolute atomic E-state index is 3.99. The Morgan fingerprint density at radius 1 is 1.10 bits per heavy atom. The summed E-state index contributed by atoms with van der Waals surface area (Å²) in [7, 11) is 0. The molecule has 0 amide bonds. The van der Waals surface area contributed by atoms with Crippen LogP contribution in [0.1, 0.15) is 85.5 Å². The Balaban J connectivity index is 2.08. The number of hydrogen-bond acceptors (Lipinski definition) is 1. The van der Waals surface area contributed by atoms with Crippen LogP contribution in [0, 0.1) is 23.2 Å². The molecule has 2 fully saturated rings. The average Bonchev–Trinajstić information content (AvgIpc) is 2.40. The SMILES string of the molecule is CCCNC(C1CCCC(C)C1)C1CCCCC1(C)C. The van der Waals surface area contributed by atoms with Crippen molar-refractivity contribution in [1.82, 2.24) is 5.32 Å². The predicted octanol–water partition coefficient (Wildman–Crippen LogP) is 5.40. The summed E-state index contributed by atoms with van der Waals surface area (Å²) in [5.74, 6) is 2.79. The maximum atomic E-state index is 3.99. The van der Waals surface area contributed by atoms with Gasteiger partial charge in [-0.15, -0.1) is 0 Å². The van der Waals surface area contributed by atoms with E-state index >= 15 is 0 Å². The van der Waals surface area contributed by atoms with Crippen molar-refractivity contribution in [1.29, 1.82) is 0 Å². The molecule has 0 aliphatic heterocycles. The zero-order valence-corrected chi connectivity index (χ0v) is 14.4. The van der Waals surface area contributed by atoms with Gasteiger partial charge in [-0.1, -0.05) is 53.4 Å². The third-order valence-corrected chi connectivity index (χ3v) is 6.14. The van der Waals surface area contributed by atoms with Crippen LogP contribution in [0.4, 0.5) is 0 Å². The fourth-order valence-electron chi connectivity index (χ4n) is 4.94. The van der Waals surface area contributed by atoms with Crippen LogP contribution in [0.25, 0.3) is 0 Å². The van der Waals surface area contributed by atoms with E-state index < -0.39 is 0 Å². The molecule has 1 nitrogen and oxygen atoms in total. The molecular weight excluding hydrogens is 242 g/mol. The van der Waals surface area contributed by atoms with Gasteiger partial charge in [0.1, 0.15) is 0 Å². The van der Waals surface area contributed by atoms with Crippen molar-refractivity contribution in [3.05, 3.63) is 0 Å². The third-order valence-electron chi connectivity index (χ3n) is 6.14. The van der Waals surface area contributed by atoms with Crippen molar-refractivity contribution in [3.63, 3.8) is 0 Å². The van der Waals surface area contributed by atoms with E-state index in [0.717, 1.165) is 23.8 Å². The molecule has 20 heavy (non-hydrogen) atoms. The van der Waals surface area contributed by atoms with Crippen molar-refractivity contribution in [2.75, 3.05) is 6.54 Å². The minimum absolute atomic E-state index is 0.546. The highest BCUT2D eigenvalue weighted by Gasteiger charge is 2.41. The lowest BCUT2D eigenvalue weighted by Gasteiger charge is -2.47.